The molecular formula is C12H28N2. The Morgan fingerprint density at radius 3 is 2.07 bits per heavy atom. The van der Waals surface area contributed by atoms with Crippen LogP contribution in [0.2, 0.25) is 0 Å². The molecule has 0 aliphatic carbocycles. The minimum absolute atomic E-state index is 0.741. The van der Waals surface area contributed by atoms with Crippen LogP contribution in [0.15, 0.2) is 0 Å². The first kappa shape index (κ1) is 13.9. The topological polar surface area (TPSA) is 6.48 Å². The molecule has 0 spiro atoms. The molecule has 0 radical (unpaired) electrons. The van der Waals surface area contributed by atoms with E-state index in [0.29, 0.717) is 0 Å². The highest BCUT2D eigenvalue weighted by molar-refractivity contribution is 4.71. The van der Waals surface area contributed by atoms with E-state index in [9.17, 15) is 0 Å². The van der Waals surface area contributed by atoms with Crippen molar-refractivity contribution < 1.29 is 0 Å². The Hall–Kier alpha value is -0.0800. The van der Waals surface area contributed by atoms with Crippen molar-refractivity contribution in [3.63, 3.8) is 0 Å². The molecule has 0 aliphatic rings. The molecule has 0 bridgehead atoms. The van der Waals surface area contributed by atoms with Crippen molar-refractivity contribution in [3.05, 3.63) is 0 Å². The Balaban J connectivity index is 3.98. The quantitative estimate of drug-likeness (QED) is 0.594. The molecule has 1 unspecified atom stereocenters. The van der Waals surface area contributed by atoms with Crippen LogP contribution in [0.4, 0.5) is 0 Å². The van der Waals surface area contributed by atoms with Crippen molar-refractivity contribution in [2.75, 3.05) is 33.7 Å². The molecule has 0 rings (SSSR count). The van der Waals surface area contributed by atoms with Crippen molar-refractivity contribution >= 4 is 0 Å². The van der Waals surface area contributed by atoms with Gasteiger partial charge in [-0.3, -0.25) is 0 Å². The van der Waals surface area contributed by atoms with Crippen LogP contribution >= 0.6 is 0 Å². The predicted molar refractivity (Wildman–Crippen MR) is 64.8 cm³/mol. The zero-order valence-electron chi connectivity index (χ0n) is 10.7. The molecule has 0 aromatic heterocycles. The van der Waals surface area contributed by atoms with E-state index in [1.807, 2.05) is 0 Å². The fraction of sp³-hybridized carbons (Fsp3) is 1.00. The van der Waals surface area contributed by atoms with Gasteiger partial charge in [-0.05, 0) is 40.0 Å². The summed E-state index contributed by atoms with van der Waals surface area (Å²) in [6.07, 6.45) is 3.86. The zero-order valence-corrected chi connectivity index (χ0v) is 10.7. The molecule has 0 heterocycles. The molecule has 0 N–H and O–H groups in total. The second-order valence-corrected chi connectivity index (χ2v) is 4.28. The van der Waals surface area contributed by atoms with Gasteiger partial charge in [0.1, 0.15) is 0 Å². The molecule has 0 aromatic rings. The van der Waals surface area contributed by atoms with E-state index in [0.717, 1.165) is 12.6 Å². The zero-order chi connectivity index (χ0) is 11.0. The monoisotopic (exact) mass is 200 g/mol. The van der Waals surface area contributed by atoms with E-state index in [-0.39, 0.29) is 0 Å². The summed E-state index contributed by atoms with van der Waals surface area (Å²) >= 11 is 0. The maximum absolute atomic E-state index is 2.51. The summed E-state index contributed by atoms with van der Waals surface area (Å²) in [5.74, 6) is 0. The minimum Gasteiger partial charge on any atom is -0.305 e. The first-order chi connectivity index (χ1) is 6.65. The van der Waals surface area contributed by atoms with Crippen molar-refractivity contribution in [2.24, 2.45) is 0 Å². The second kappa shape index (κ2) is 8.25. The third-order valence-electron chi connectivity index (χ3n) is 2.88. The predicted octanol–water partition coefficient (Wildman–Crippen LogP) is 2.45. The molecule has 2 heteroatoms. The van der Waals surface area contributed by atoms with Gasteiger partial charge in [-0.15, -0.1) is 0 Å². The summed E-state index contributed by atoms with van der Waals surface area (Å²) in [7, 11) is 4.47. The Morgan fingerprint density at radius 2 is 1.64 bits per heavy atom. The first-order valence-electron chi connectivity index (χ1n) is 6.04. The summed E-state index contributed by atoms with van der Waals surface area (Å²) < 4.78 is 0. The molecule has 0 saturated carbocycles. The Morgan fingerprint density at radius 1 is 1.00 bits per heavy atom. The lowest BCUT2D eigenvalue weighted by atomic mass is 10.1. The van der Waals surface area contributed by atoms with Crippen LogP contribution in [-0.2, 0) is 0 Å². The van der Waals surface area contributed by atoms with E-state index >= 15 is 0 Å². The summed E-state index contributed by atoms with van der Waals surface area (Å²) in [5, 5.41) is 0. The fourth-order valence-electron chi connectivity index (χ4n) is 1.81. The lowest BCUT2D eigenvalue weighted by Crippen LogP contribution is -2.41. The third kappa shape index (κ3) is 5.61. The second-order valence-electron chi connectivity index (χ2n) is 4.28. The van der Waals surface area contributed by atoms with Crippen LogP contribution in [0.3, 0.4) is 0 Å². The van der Waals surface area contributed by atoms with E-state index in [4.69, 9.17) is 0 Å². The van der Waals surface area contributed by atoms with Crippen LogP contribution in [0, 0.1) is 0 Å². The minimum atomic E-state index is 0.741. The Labute approximate surface area is 90.3 Å². The van der Waals surface area contributed by atoms with Crippen LogP contribution in [0.1, 0.15) is 40.0 Å². The molecule has 14 heavy (non-hydrogen) atoms. The Kier molecular flexibility index (Phi) is 8.20. The molecule has 0 aromatic carbocycles. The smallest absolute Gasteiger partial charge is 0.0219 e. The van der Waals surface area contributed by atoms with Crippen molar-refractivity contribution in [3.8, 4) is 0 Å². The van der Waals surface area contributed by atoms with Gasteiger partial charge in [0, 0.05) is 12.6 Å². The number of rotatable bonds is 8. The van der Waals surface area contributed by atoms with E-state index in [1.165, 1.54) is 32.4 Å². The van der Waals surface area contributed by atoms with Gasteiger partial charge in [0.2, 0.25) is 0 Å². The van der Waals surface area contributed by atoms with E-state index in [1.54, 1.807) is 0 Å². The van der Waals surface area contributed by atoms with Gasteiger partial charge in [0.15, 0.2) is 0 Å². The van der Waals surface area contributed by atoms with Gasteiger partial charge in [0.05, 0.1) is 0 Å². The molecule has 0 fully saturated rings. The van der Waals surface area contributed by atoms with Crippen molar-refractivity contribution in [1.29, 1.82) is 0 Å². The maximum Gasteiger partial charge on any atom is 0.0219 e. The van der Waals surface area contributed by atoms with Gasteiger partial charge in [0.25, 0.3) is 0 Å². The number of likely N-dealkylation sites (N-methyl/N-ethyl adjacent to an activating group) is 2. The molecule has 1 atom stereocenters. The average Bonchev–Trinajstić information content (AvgIpc) is 2.17. The Bertz CT molecular complexity index is 125. The fourth-order valence-corrected chi connectivity index (χ4v) is 1.81. The number of hydrogen-bond acceptors (Lipinski definition) is 2. The van der Waals surface area contributed by atoms with Gasteiger partial charge >= 0.3 is 0 Å². The van der Waals surface area contributed by atoms with E-state index < -0.39 is 0 Å². The van der Waals surface area contributed by atoms with Crippen molar-refractivity contribution in [2.45, 2.75) is 46.1 Å². The summed E-state index contributed by atoms with van der Waals surface area (Å²) in [6, 6.07) is 0.741. The van der Waals surface area contributed by atoms with Gasteiger partial charge in [-0.25, -0.2) is 0 Å². The highest BCUT2D eigenvalue weighted by Crippen LogP contribution is 2.07. The number of nitrogens with zero attached hydrogens (tertiary/aromatic N) is 2. The molecule has 2 nitrogen and oxygen atoms in total. The molecular weight excluding hydrogens is 172 g/mol. The molecule has 86 valence electrons. The van der Waals surface area contributed by atoms with Crippen LogP contribution in [0.25, 0.3) is 0 Å². The molecule has 0 amide bonds. The average molecular weight is 200 g/mol. The third-order valence-corrected chi connectivity index (χ3v) is 2.88. The SMILES string of the molecule is CCCC(CN(C)CC)N(C)CCC. The highest BCUT2D eigenvalue weighted by atomic mass is 15.2. The summed E-state index contributed by atoms with van der Waals surface area (Å²) in [5.41, 5.74) is 0. The largest absolute Gasteiger partial charge is 0.305 e. The molecule has 0 aliphatic heterocycles. The maximum atomic E-state index is 2.51. The van der Waals surface area contributed by atoms with Crippen LogP contribution in [-0.4, -0.2) is 49.6 Å². The summed E-state index contributed by atoms with van der Waals surface area (Å²) in [6.45, 7) is 10.3. The normalized spacial score (nSPS) is 13.9. The van der Waals surface area contributed by atoms with E-state index in [2.05, 4.69) is 44.7 Å². The van der Waals surface area contributed by atoms with Crippen LogP contribution < -0.4 is 0 Å². The van der Waals surface area contributed by atoms with Crippen LogP contribution in [0.5, 0.6) is 0 Å². The van der Waals surface area contributed by atoms with Gasteiger partial charge < -0.3 is 9.80 Å². The summed E-state index contributed by atoms with van der Waals surface area (Å²) in [4.78, 5) is 4.92. The van der Waals surface area contributed by atoms with Gasteiger partial charge in [-0.2, -0.15) is 0 Å². The highest BCUT2D eigenvalue weighted by Gasteiger charge is 2.14. The van der Waals surface area contributed by atoms with Crippen molar-refractivity contribution in [1.82, 2.24) is 9.80 Å². The first-order valence-corrected chi connectivity index (χ1v) is 6.04. The lowest BCUT2D eigenvalue weighted by Gasteiger charge is -2.31. The number of hydrogen-bond donors (Lipinski definition) is 0. The molecule has 0 saturated heterocycles. The lowest BCUT2D eigenvalue weighted by molar-refractivity contribution is 0.174. The van der Waals surface area contributed by atoms with Gasteiger partial charge in [-0.1, -0.05) is 27.2 Å². The standard InChI is InChI=1S/C12H28N2/c1-6-9-12(11-13(4)8-3)14(5)10-7-2/h12H,6-11H2,1-5H3.